The smallest absolute Gasteiger partial charge is 0.293 e. The number of rotatable bonds is 6. The molecule has 4 aromatic rings. The van der Waals surface area contributed by atoms with Gasteiger partial charge in [-0.1, -0.05) is 48.0 Å². The summed E-state index contributed by atoms with van der Waals surface area (Å²) in [5.41, 5.74) is 2.55. The van der Waals surface area contributed by atoms with Gasteiger partial charge in [-0.25, -0.2) is 9.67 Å². The minimum atomic E-state index is -0.264. The molecule has 0 bridgehead atoms. The molecular weight excluding hydrogens is 412 g/mol. The van der Waals surface area contributed by atoms with Crippen molar-refractivity contribution >= 4 is 17.5 Å². The zero-order chi connectivity index (χ0) is 21.8. The second-order valence-corrected chi connectivity index (χ2v) is 7.46. The van der Waals surface area contributed by atoms with Crippen LogP contribution in [0.1, 0.15) is 16.2 Å². The van der Waals surface area contributed by atoms with Gasteiger partial charge in [-0.15, -0.1) is 5.10 Å². The van der Waals surface area contributed by atoms with E-state index >= 15 is 0 Å². The van der Waals surface area contributed by atoms with Crippen molar-refractivity contribution in [1.82, 2.24) is 19.7 Å². The minimum Gasteiger partial charge on any atom is -0.497 e. The van der Waals surface area contributed by atoms with Crippen molar-refractivity contribution in [1.29, 1.82) is 0 Å². The predicted octanol–water partition coefficient (Wildman–Crippen LogP) is 4.87. The zero-order valence-electron chi connectivity index (χ0n) is 17.2. The molecule has 0 aliphatic carbocycles. The van der Waals surface area contributed by atoms with Gasteiger partial charge in [0.05, 0.1) is 12.8 Å². The normalized spacial score (nSPS) is 10.7. The van der Waals surface area contributed by atoms with Crippen molar-refractivity contribution in [3.05, 3.63) is 95.3 Å². The number of aromatic nitrogens is 3. The standard InChI is InChI=1S/C24H21ClN4O2/c1-28(16-17-7-4-3-5-8-17)24(30)22-26-23(18-11-13-21(31-2)14-12-18)29(27-22)20-10-6-9-19(25)15-20/h3-15H,16H2,1-2H3. The molecule has 0 unspecified atom stereocenters. The number of benzene rings is 3. The summed E-state index contributed by atoms with van der Waals surface area (Å²) < 4.78 is 6.88. The number of hydrogen-bond acceptors (Lipinski definition) is 4. The van der Waals surface area contributed by atoms with Gasteiger partial charge in [0.15, 0.2) is 5.82 Å². The Kier molecular flexibility index (Phi) is 6.00. The van der Waals surface area contributed by atoms with E-state index in [1.165, 1.54) is 0 Å². The molecule has 4 rings (SSSR count). The van der Waals surface area contributed by atoms with Gasteiger partial charge < -0.3 is 9.64 Å². The van der Waals surface area contributed by atoms with Crippen LogP contribution in [0.3, 0.4) is 0 Å². The van der Waals surface area contributed by atoms with Crippen molar-refractivity contribution in [2.75, 3.05) is 14.2 Å². The molecule has 3 aromatic carbocycles. The molecule has 0 saturated heterocycles. The van der Waals surface area contributed by atoms with Crippen LogP contribution in [0.5, 0.6) is 5.75 Å². The molecule has 0 saturated carbocycles. The maximum Gasteiger partial charge on any atom is 0.293 e. The van der Waals surface area contributed by atoms with E-state index in [2.05, 4.69) is 10.1 Å². The molecule has 0 fully saturated rings. The van der Waals surface area contributed by atoms with Crippen molar-refractivity contribution in [3.63, 3.8) is 0 Å². The van der Waals surface area contributed by atoms with Crippen LogP contribution in [-0.4, -0.2) is 39.7 Å². The van der Waals surface area contributed by atoms with Gasteiger partial charge in [0.25, 0.3) is 5.91 Å². The minimum absolute atomic E-state index is 0.115. The van der Waals surface area contributed by atoms with Crippen LogP contribution >= 0.6 is 11.6 Å². The highest BCUT2D eigenvalue weighted by Gasteiger charge is 2.22. The first-order chi connectivity index (χ1) is 15.0. The number of ether oxygens (including phenoxy) is 1. The molecule has 31 heavy (non-hydrogen) atoms. The van der Waals surface area contributed by atoms with Gasteiger partial charge in [0, 0.05) is 24.2 Å². The molecule has 0 atom stereocenters. The van der Waals surface area contributed by atoms with Gasteiger partial charge >= 0.3 is 0 Å². The van der Waals surface area contributed by atoms with E-state index < -0.39 is 0 Å². The lowest BCUT2D eigenvalue weighted by molar-refractivity contribution is 0.0773. The summed E-state index contributed by atoms with van der Waals surface area (Å²) in [4.78, 5) is 19.3. The molecule has 156 valence electrons. The first-order valence-corrected chi connectivity index (χ1v) is 10.1. The molecule has 0 radical (unpaired) electrons. The maximum absolute atomic E-state index is 13.1. The third-order valence-electron chi connectivity index (χ3n) is 4.81. The second-order valence-electron chi connectivity index (χ2n) is 7.03. The Morgan fingerprint density at radius 1 is 1.03 bits per heavy atom. The molecule has 0 aliphatic rings. The molecular formula is C24H21ClN4O2. The van der Waals surface area contributed by atoms with Crippen LogP contribution in [0, 0.1) is 0 Å². The third kappa shape index (κ3) is 4.59. The fourth-order valence-corrected chi connectivity index (χ4v) is 3.40. The summed E-state index contributed by atoms with van der Waals surface area (Å²) in [7, 11) is 3.35. The highest BCUT2D eigenvalue weighted by molar-refractivity contribution is 6.30. The molecule has 1 heterocycles. The summed E-state index contributed by atoms with van der Waals surface area (Å²) in [6.07, 6.45) is 0. The lowest BCUT2D eigenvalue weighted by atomic mass is 10.2. The maximum atomic E-state index is 13.1. The van der Waals surface area contributed by atoms with Crippen LogP contribution in [0.4, 0.5) is 0 Å². The van der Waals surface area contributed by atoms with Crippen molar-refractivity contribution in [2.24, 2.45) is 0 Å². The SMILES string of the molecule is COc1ccc(-c2nc(C(=O)N(C)Cc3ccccc3)nn2-c2cccc(Cl)c2)cc1. The van der Waals surface area contributed by atoms with E-state index in [0.29, 0.717) is 17.4 Å². The second kappa shape index (κ2) is 9.02. The number of hydrogen-bond donors (Lipinski definition) is 0. The number of nitrogens with zero attached hydrogens (tertiary/aromatic N) is 4. The number of carbonyl (C=O) groups excluding carboxylic acids is 1. The lowest BCUT2D eigenvalue weighted by Gasteiger charge is -2.15. The number of halogens is 1. The Hall–Kier alpha value is -3.64. The van der Waals surface area contributed by atoms with E-state index in [0.717, 1.165) is 22.6 Å². The first kappa shape index (κ1) is 20.6. The van der Waals surface area contributed by atoms with E-state index in [1.54, 1.807) is 35.9 Å². The summed E-state index contributed by atoms with van der Waals surface area (Å²) in [6, 6.07) is 24.5. The number of methoxy groups -OCH3 is 1. The number of carbonyl (C=O) groups is 1. The zero-order valence-corrected chi connectivity index (χ0v) is 18.0. The van der Waals surface area contributed by atoms with Gasteiger partial charge in [0.2, 0.25) is 5.82 Å². The fraction of sp³-hybridized carbons (Fsp3) is 0.125. The predicted molar refractivity (Wildman–Crippen MR) is 121 cm³/mol. The summed E-state index contributed by atoms with van der Waals surface area (Å²) >= 11 is 6.19. The van der Waals surface area contributed by atoms with Crippen molar-refractivity contribution < 1.29 is 9.53 Å². The van der Waals surface area contributed by atoms with Gasteiger partial charge in [-0.2, -0.15) is 0 Å². The Morgan fingerprint density at radius 3 is 2.45 bits per heavy atom. The quantitative estimate of drug-likeness (QED) is 0.436. The Bertz CT molecular complexity index is 1190. The van der Waals surface area contributed by atoms with Gasteiger partial charge in [0.1, 0.15) is 5.75 Å². The summed E-state index contributed by atoms with van der Waals surface area (Å²) in [6.45, 7) is 0.462. The largest absolute Gasteiger partial charge is 0.497 e. The highest BCUT2D eigenvalue weighted by Crippen LogP contribution is 2.25. The first-order valence-electron chi connectivity index (χ1n) is 9.72. The van der Waals surface area contributed by atoms with E-state index in [9.17, 15) is 4.79 Å². The molecule has 6 nitrogen and oxygen atoms in total. The fourth-order valence-electron chi connectivity index (χ4n) is 3.22. The van der Waals surface area contributed by atoms with E-state index in [-0.39, 0.29) is 11.7 Å². The third-order valence-corrected chi connectivity index (χ3v) is 5.04. The summed E-state index contributed by atoms with van der Waals surface area (Å²) in [5, 5.41) is 5.10. The van der Waals surface area contributed by atoms with E-state index in [1.807, 2.05) is 66.7 Å². The van der Waals surface area contributed by atoms with Crippen molar-refractivity contribution in [3.8, 4) is 22.8 Å². The molecule has 1 amide bonds. The van der Waals surface area contributed by atoms with E-state index in [4.69, 9.17) is 16.3 Å². The average molecular weight is 433 g/mol. The lowest BCUT2D eigenvalue weighted by Crippen LogP contribution is -2.27. The number of amides is 1. The average Bonchev–Trinajstić information content (AvgIpc) is 3.25. The topological polar surface area (TPSA) is 60.2 Å². The Balaban J connectivity index is 1.72. The molecule has 0 aliphatic heterocycles. The summed E-state index contributed by atoms with van der Waals surface area (Å²) in [5.74, 6) is 1.13. The molecule has 1 aromatic heterocycles. The monoisotopic (exact) mass is 432 g/mol. The Labute approximate surface area is 185 Å². The highest BCUT2D eigenvalue weighted by atomic mass is 35.5. The van der Waals surface area contributed by atoms with Gasteiger partial charge in [-0.05, 0) is 48.0 Å². The Morgan fingerprint density at radius 2 is 1.77 bits per heavy atom. The molecule has 7 heteroatoms. The van der Waals surface area contributed by atoms with Crippen LogP contribution < -0.4 is 4.74 Å². The van der Waals surface area contributed by atoms with Crippen LogP contribution in [0.25, 0.3) is 17.1 Å². The van der Waals surface area contributed by atoms with Crippen molar-refractivity contribution in [2.45, 2.75) is 6.54 Å². The molecule has 0 spiro atoms. The van der Waals surface area contributed by atoms with Crippen LogP contribution in [0.15, 0.2) is 78.9 Å². The van der Waals surface area contributed by atoms with Gasteiger partial charge in [-0.3, -0.25) is 4.79 Å². The van der Waals surface area contributed by atoms with Crippen LogP contribution in [0.2, 0.25) is 5.02 Å². The molecule has 0 N–H and O–H groups in total. The van der Waals surface area contributed by atoms with Crippen LogP contribution in [-0.2, 0) is 6.54 Å².